The smallest absolute Gasteiger partial charge is 0.163 e. The number of rotatable bonds is 2. The van der Waals surface area contributed by atoms with Crippen LogP contribution >= 0.6 is 0 Å². The predicted octanol–water partition coefficient (Wildman–Crippen LogP) is 3.16. The third kappa shape index (κ3) is 2.35. The molecule has 0 saturated carbocycles. The number of hydrogen-bond donors (Lipinski definition) is 0. The molecule has 5 heteroatoms. The molecule has 0 N–H and O–H groups in total. The van der Waals surface area contributed by atoms with E-state index in [0.717, 1.165) is 16.6 Å². The van der Waals surface area contributed by atoms with Gasteiger partial charge in [-0.3, -0.25) is 9.48 Å². The number of nitrogens with zero attached hydrogens (tertiary/aromatic N) is 4. The molecule has 5 nitrogen and oxygen atoms in total. The van der Waals surface area contributed by atoms with Gasteiger partial charge in [0.2, 0.25) is 0 Å². The van der Waals surface area contributed by atoms with E-state index in [0.29, 0.717) is 5.56 Å². The van der Waals surface area contributed by atoms with Crippen LogP contribution in [-0.2, 0) is 5.54 Å². The summed E-state index contributed by atoms with van der Waals surface area (Å²) < 4.78 is 3.68. The van der Waals surface area contributed by atoms with Gasteiger partial charge in [-0.05, 0) is 33.8 Å². The van der Waals surface area contributed by atoms with Crippen molar-refractivity contribution in [2.45, 2.75) is 33.2 Å². The first-order valence-electron chi connectivity index (χ1n) is 6.90. The van der Waals surface area contributed by atoms with Crippen LogP contribution in [0.5, 0.6) is 0 Å². The van der Waals surface area contributed by atoms with Gasteiger partial charge in [0.05, 0.1) is 29.0 Å². The predicted molar refractivity (Wildman–Crippen MR) is 81.4 cm³/mol. The van der Waals surface area contributed by atoms with Gasteiger partial charge in [0.25, 0.3) is 0 Å². The van der Waals surface area contributed by atoms with Gasteiger partial charge in [-0.2, -0.15) is 10.2 Å². The summed E-state index contributed by atoms with van der Waals surface area (Å²) in [4.78, 5) is 11.5. The Morgan fingerprint density at radius 1 is 1.05 bits per heavy atom. The number of pyridine rings is 1. The summed E-state index contributed by atoms with van der Waals surface area (Å²) in [6.45, 7) is 7.89. The van der Waals surface area contributed by atoms with E-state index in [1.165, 1.54) is 0 Å². The highest BCUT2D eigenvalue weighted by molar-refractivity contribution is 6.00. The van der Waals surface area contributed by atoms with Gasteiger partial charge >= 0.3 is 0 Å². The number of Topliss-reactive ketones (excluding diaryl/α,β-unsaturated/α-hetero) is 1. The summed E-state index contributed by atoms with van der Waals surface area (Å²) in [6.07, 6.45) is 7.41. The second-order valence-corrected chi connectivity index (χ2v) is 6.21. The molecule has 0 amide bonds. The van der Waals surface area contributed by atoms with Gasteiger partial charge < -0.3 is 0 Å². The van der Waals surface area contributed by atoms with Crippen molar-refractivity contribution < 1.29 is 4.79 Å². The number of carbonyl (C=O) groups is 1. The average molecular weight is 282 g/mol. The molecule has 108 valence electrons. The fraction of sp³-hybridized carbons (Fsp3) is 0.312. The quantitative estimate of drug-likeness (QED) is 0.678. The largest absolute Gasteiger partial charge is 0.294 e. The summed E-state index contributed by atoms with van der Waals surface area (Å²) in [5.74, 6) is 0.0262. The molecular weight excluding hydrogens is 264 g/mol. The third-order valence-corrected chi connectivity index (χ3v) is 3.50. The Bertz CT molecular complexity index is 820. The maximum Gasteiger partial charge on any atom is 0.163 e. The lowest BCUT2D eigenvalue weighted by atomic mass is 10.1. The molecule has 0 unspecified atom stereocenters. The zero-order valence-corrected chi connectivity index (χ0v) is 12.7. The van der Waals surface area contributed by atoms with E-state index in [9.17, 15) is 4.79 Å². The van der Waals surface area contributed by atoms with Crippen LogP contribution in [0.15, 0.2) is 36.9 Å². The number of carbonyl (C=O) groups excluding carboxylic acids is 1. The van der Waals surface area contributed by atoms with Crippen LogP contribution < -0.4 is 0 Å². The Balaban J connectivity index is 2.05. The minimum absolute atomic E-state index is 0.0262. The molecule has 0 saturated heterocycles. The number of aromatic nitrogens is 4. The first-order chi connectivity index (χ1) is 9.86. The van der Waals surface area contributed by atoms with Crippen molar-refractivity contribution in [1.82, 2.24) is 19.4 Å². The number of hydrogen-bond acceptors (Lipinski definition) is 3. The first-order valence-corrected chi connectivity index (χ1v) is 6.90. The fourth-order valence-electron chi connectivity index (χ4n) is 2.26. The minimum Gasteiger partial charge on any atom is -0.294 e. The summed E-state index contributed by atoms with van der Waals surface area (Å²) in [6, 6.07) is 3.92. The summed E-state index contributed by atoms with van der Waals surface area (Å²) in [5, 5.41) is 8.66. The van der Waals surface area contributed by atoms with Crippen molar-refractivity contribution in [2.75, 3.05) is 0 Å². The first kappa shape index (κ1) is 13.5. The summed E-state index contributed by atoms with van der Waals surface area (Å²) in [7, 11) is 0. The van der Waals surface area contributed by atoms with Crippen molar-refractivity contribution in [2.24, 2.45) is 0 Å². The lowest BCUT2D eigenvalue weighted by molar-refractivity contribution is 0.101. The normalized spacial score (nSPS) is 12.0. The maximum atomic E-state index is 11.5. The molecule has 21 heavy (non-hydrogen) atoms. The highest BCUT2D eigenvalue weighted by Gasteiger charge is 2.15. The molecular formula is C16H18N4O. The zero-order chi connectivity index (χ0) is 15.2. The maximum absolute atomic E-state index is 11.5. The molecule has 0 atom stereocenters. The SMILES string of the molecule is CC(=O)c1cnn2cc(-c3cnn(C(C)(C)C)c3)ccc12. The summed E-state index contributed by atoms with van der Waals surface area (Å²) >= 11 is 0. The van der Waals surface area contributed by atoms with Crippen LogP contribution in [0.1, 0.15) is 38.1 Å². The van der Waals surface area contributed by atoms with Gasteiger partial charge in [-0.25, -0.2) is 4.52 Å². The van der Waals surface area contributed by atoms with Crippen molar-refractivity contribution in [3.63, 3.8) is 0 Å². The molecule has 0 spiro atoms. The van der Waals surface area contributed by atoms with E-state index in [2.05, 4.69) is 31.0 Å². The molecule has 0 radical (unpaired) electrons. The van der Waals surface area contributed by atoms with Gasteiger partial charge in [-0.15, -0.1) is 0 Å². The van der Waals surface area contributed by atoms with Gasteiger partial charge in [0.15, 0.2) is 5.78 Å². The molecule has 0 aliphatic carbocycles. The van der Waals surface area contributed by atoms with E-state index < -0.39 is 0 Å². The Morgan fingerprint density at radius 2 is 1.81 bits per heavy atom. The van der Waals surface area contributed by atoms with Gasteiger partial charge in [0.1, 0.15) is 0 Å². The lowest BCUT2D eigenvalue weighted by Gasteiger charge is -2.18. The van der Waals surface area contributed by atoms with Crippen LogP contribution in [0.25, 0.3) is 16.6 Å². The van der Waals surface area contributed by atoms with Crippen LogP contribution in [0, 0.1) is 0 Å². The fourth-order valence-corrected chi connectivity index (χ4v) is 2.26. The number of fused-ring (bicyclic) bond motifs is 1. The monoisotopic (exact) mass is 282 g/mol. The molecule has 0 fully saturated rings. The molecule has 0 bridgehead atoms. The van der Waals surface area contributed by atoms with E-state index in [-0.39, 0.29) is 11.3 Å². The van der Waals surface area contributed by atoms with Crippen molar-refractivity contribution in [3.8, 4) is 11.1 Å². The van der Waals surface area contributed by atoms with E-state index in [1.54, 1.807) is 17.6 Å². The molecule has 3 heterocycles. The molecule has 3 aromatic rings. The van der Waals surface area contributed by atoms with Crippen LogP contribution in [0.2, 0.25) is 0 Å². The molecule has 0 aliphatic heterocycles. The van der Waals surface area contributed by atoms with Crippen LogP contribution in [0.3, 0.4) is 0 Å². The Labute approximate surface area is 123 Å². The highest BCUT2D eigenvalue weighted by atomic mass is 16.1. The topological polar surface area (TPSA) is 52.2 Å². The minimum atomic E-state index is -0.0458. The average Bonchev–Trinajstić information content (AvgIpc) is 3.04. The number of ketones is 1. The third-order valence-electron chi connectivity index (χ3n) is 3.50. The van der Waals surface area contributed by atoms with E-state index in [4.69, 9.17) is 0 Å². The van der Waals surface area contributed by atoms with E-state index in [1.807, 2.05) is 35.4 Å². The van der Waals surface area contributed by atoms with E-state index >= 15 is 0 Å². The standard InChI is InChI=1S/C16H18N4O/c1-11(21)14-8-17-19-9-12(5-6-15(14)19)13-7-18-20(10-13)16(2,3)4/h5-10H,1-4H3. The van der Waals surface area contributed by atoms with Crippen LogP contribution in [0.4, 0.5) is 0 Å². The zero-order valence-electron chi connectivity index (χ0n) is 12.7. The van der Waals surface area contributed by atoms with Gasteiger partial charge in [-0.1, -0.05) is 6.07 Å². The summed E-state index contributed by atoms with van der Waals surface area (Å²) in [5.41, 5.74) is 3.49. The van der Waals surface area contributed by atoms with Gasteiger partial charge in [0, 0.05) is 23.5 Å². The molecule has 3 rings (SSSR count). The molecule has 0 aromatic carbocycles. The molecule has 0 aliphatic rings. The lowest BCUT2D eigenvalue weighted by Crippen LogP contribution is -2.21. The van der Waals surface area contributed by atoms with Crippen molar-refractivity contribution in [3.05, 3.63) is 42.5 Å². The Hall–Kier alpha value is -2.43. The van der Waals surface area contributed by atoms with Crippen LogP contribution in [-0.4, -0.2) is 25.2 Å². The van der Waals surface area contributed by atoms with Crippen molar-refractivity contribution >= 4 is 11.3 Å². The molecule has 3 aromatic heterocycles. The van der Waals surface area contributed by atoms with Crippen molar-refractivity contribution in [1.29, 1.82) is 0 Å². The Kier molecular flexibility index (Phi) is 2.93. The second kappa shape index (κ2) is 4.55. The highest BCUT2D eigenvalue weighted by Crippen LogP contribution is 2.23. The second-order valence-electron chi connectivity index (χ2n) is 6.21. The Morgan fingerprint density at radius 3 is 2.43 bits per heavy atom.